The van der Waals surface area contributed by atoms with E-state index in [1.807, 2.05) is 6.92 Å². The van der Waals surface area contributed by atoms with Gasteiger partial charge in [-0.2, -0.15) is 4.98 Å². The maximum Gasteiger partial charge on any atom is 0.314 e. The van der Waals surface area contributed by atoms with Crippen LogP contribution >= 0.6 is 15.9 Å². The Hall–Kier alpha value is -2.09. The first kappa shape index (κ1) is 15.3. The van der Waals surface area contributed by atoms with Crippen molar-refractivity contribution in [2.75, 3.05) is 0 Å². The predicted molar refractivity (Wildman–Crippen MR) is 76.9 cm³/mol. The summed E-state index contributed by atoms with van der Waals surface area (Å²) < 4.78 is 19.0. The minimum atomic E-state index is -0.707. The highest BCUT2D eigenvalue weighted by Crippen LogP contribution is 2.31. The smallest absolute Gasteiger partial charge is 0.314 e. The van der Waals surface area contributed by atoms with E-state index in [-0.39, 0.29) is 11.6 Å². The standard InChI is InChI=1S/C13H11BrFN3O3/c1-2-3-12-16-11(14)7-13(17-12)21-10-5-4-8(15)6-9(10)18(19)20/h4-7H,2-3H2,1H3. The lowest BCUT2D eigenvalue weighted by molar-refractivity contribution is -0.385. The molecular weight excluding hydrogens is 345 g/mol. The number of aromatic nitrogens is 2. The number of rotatable bonds is 5. The number of benzene rings is 1. The molecule has 0 atom stereocenters. The number of halogens is 2. The van der Waals surface area contributed by atoms with Crippen LogP contribution in [0.2, 0.25) is 0 Å². The zero-order chi connectivity index (χ0) is 15.4. The van der Waals surface area contributed by atoms with Gasteiger partial charge in [-0.3, -0.25) is 10.1 Å². The SMILES string of the molecule is CCCc1nc(Br)cc(Oc2ccc(F)cc2[N+](=O)[O-])n1. The second kappa shape index (κ2) is 6.57. The van der Waals surface area contributed by atoms with Crippen molar-refractivity contribution in [3.63, 3.8) is 0 Å². The fourth-order valence-corrected chi connectivity index (χ4v) is 2.06. The molecule has 0 amide bonds. The number of hydrogen-bond acceptors (Lipinski definition) is 5. The van der Waals surface area contributed by atoms with Gasteiger partial charge in [0.25, 0.3) is 0 Å². The first-order valence-electron chi connectivity index (χ1n) is 6.15. The number of hydrogen-bond donors (Lipinski definition) is 0. The summed E-state index contributed by atoms with van der Waals surface area (Å²) in [5.41, 5.74) is -0.457. The molecule has 0 aliphatic heterocycles. The fraction of sp³-hybridized carbons (Fsp3) is 0.231. The lowest BCUT2D eigenvalue weighted by Gasteiger charge is -2.07. The summed E-state index contributed by atoms with van der Waals surface area (Å²) >= 11 is 3.23. The topological polar surface area (TPSA) is 78.2 Å². The molecule has 0 saturated heterocycles. The molecule has 110 valence electrons. The Morgan fingerprint density at radius 1 is 1.38 bits per heavy atom. The summed E-state index contributed by atoms with van der Waals surface area (Å²) in [5.74, 6) is -0.0549. The minimum Gasteiger partial charge on any atom is -0.432 e. The van der Waals surface area contributed by atoms with Crippen LogP contribution in [0.4, 0.5) is 10.1 Å². The van der Waals surface area contributed by atoms with Gasteiger partial charge < -0.3 is 4.74 Å². The quantitative estimate of drug-likeness (QED) is 0.459. The Kier molecular flexibility index (Phi) is 4.79. The van der Waals surface area contributed by atoms with Gasteiger partial charge in [0.15, 0.2) is 0 Å². The highest BCUT2D eigenvalue weighted by molar-refractivity contribution is 9.10. The summed E-state index contributed by atoms with van der Waals surface area (Å²) in [4.78, 5) is 18.5. The number of nitro benzene ring substituents is 1. The van der Waals surface area contributed by atoms with Crippen LogP contribution in [0.3, 0.4) is 0 Å². The van der Waals surface area contributed by atoms with Gasteiger partial charge >= 0.3 is 5.69 Å². The van der Waals surface area contributed by atoms with E-state index in [9.17, 15) is 14.5 Å². The maximum absolute atomic E-state index is 13.1. The predicted octanol–water partition coefficient (Wildman–Crippen LogP) is 4.03. The molecule has 2 rings (SSSR count). The van der Waals surface area contributed by atoms with E-state index in [1.165, 1.54) is 12.1 Å². The lowest BCUT2D eigenvalue weighted by Crippen LogP contribution is -1.99. The number of ether oxygens (including phenoxy) is 1. The van der Waals surface area contributed by atoms with Gasteiger partial charge in [0.05, 0.1) is 11.0 Å². The van der Waals surface area contributed by atoms with E-state index in [1.54, 1.807) is 0 Å². The van der Waals surface area contributed by atoms with Gasteiger partial charge in [0, 0.05) is 12.5 Å². The van der Waals surface area contributed by atoms with Crippen molar-refractivity contribution in [3.05, 3.63) is 50.6 Å². The van der Waals surface area contributed by atoms with Gasteiger partial charge in [-0.1, -0.05) is 6.92 Å². The molecule has 2 aromatic rings. The Labute approximate surface area is 128 Å². The molecule has 1 aromatic carbocycles. The summed E-state index contributed by atoms with van der Waals surface area (Å²) in [6.07, 6.45) is 1.51. The molecule has 1 aromatic heterocycles. The van der Waals surface area contributed by atoms with Crippen LogP contribution in [0.1, 0.15) is 19.2 Å². The van der Waals surface area contributed by atoms with E-state index >= 15 is 0 Å². The van der Waals surface area contributed by atoms with Crippen LogP contribution in [0.5, 0.6) is 11.6 Å². The third-order valence-electron chi connectivity index (χ3n) is 2.52. The van der Waals surface area contributed by atoms with Crippen LogP contribution < -0.4 is 4.74 Å². The van der Waals surface area contributed by atoms with Crippen molar-refractivity contribution in [2.24, 2.45) is 0 Å². The van der Waals surface area contributed by atoms with E-state index in [4.69, 9.17) is 4.74 Å². The molecule has 0 radical (unpaired) electrons. The van der Waals surface area contributed by atoms with Crippen LogP contribution in [-0.2, 0) is 6.42 Å². The molecular formula is C13H11BrFN3O3. The number of nitrogens with zero attached hydrogens (tertiary/aromatic N) is 3. The van der Waals surface area contributed by atoms with Crippen molar-refractivity contribution in [2.45, 2.75) is 19.8 Å². The molecule has 6 nitrogen and oxygen atoms in total. The second-order valence-electron chi connectivity index (χ2n) is 4.17. The molecule has 0 bridgehead atoms. The van der Waals surface area contributed by atoms with Crippen molar-refractivity contribution < 1.29 is 14.1 Å². The van der Waals surface area contributed by atoms with Gasteiger partial charge in [0.2, 0.25) is 11.6 Å². The normalized spacial score (nSPS) is 10.4. The van der Waals surface area contributed by atoms with Crippen molar-refractivity contribution >= 4 is 21.6 Å². The van der Waals surface area contributed by atoms with Crippen LogP contribution in [0.25, 0.3) is 0 Å². The molecule has 0 spiro atoms. The zero-order valence-corrected chi connectivity index (χ0v) is 12.6. The zero-order valence-electron chi connectivity index (χ0n) is 11.0. The summed E-state index contributed by atoms with van der Waals surface area (Å²) in [7, 11) is 0. The number of aryl methyl sites for hydroxylation is 1. The summed E-state index contributed by atoms with van der Waals surface area (Å²) in [6, 6.07) is 4.58. The first-order valence-corrected chi connectivity index (χ1v) is 6.94. The van der Waals surface area contributed by atoms with Crippen LogP contribution in [0, 0.1) is 15.9 Å². The van der Waals surface area contributed by atoms with Gasteiger partial charge in [-0.05, 0) is 34.5 Å². The summed E-state index contributed by atoms with van der Waals surface area (Å²) in [5, 5.41) is 10.9. The Bertz CT molecular complexity index is 682. The summed E-state index contributed by atoms with van der Waals surface area (Å²) in [6.45, 7) is 1.98. The largest absolute Gasteiger partial charge is 0.432 e. The molecule has 1 heterocycles. The van der Waals surface area contributed by atoms with Crippen LogP contribution in [0.15, 0.2) is 28.9 Å². The van der Waals surface area contributed by atoms with Crippen molar-refractivity contribution in [1.29, 1.82) is 0 Å². The molecule has 21 heavy (non-hydrogen) atoms. The maximum atomic E-state index is 13.1. The van der Waals surface area contributed by atoms with E-state index < -0.39 is 16.4 Å². The average Bonchev–Trinajstić information content (AvgIpc) is 2.40. The molecule has 8 heteroatoms. The molecule has 0 unspecified atom stereocenters. The Morgan fingerprint density at radius 2 is 2.14 bits per heavy atom. The minimum absolute atomic E-state index is 0.0746. The third kappa shape index (κ3) is 3.94. The molecule has 0 N–H and O–H groups in total. The average molecular weight is 356 g/mol. The molecule has 0 fully saturated rings. The van der Waals surface area contributed by atoms with Gasteiger partial charge in [-0.15, -0.1) is 0 Å². The van der Waals surface area contributed by atoms with E-state index in [2.05, 4.69) is 25.9 Å². The fourth-order valence-electron chi connectivity index (χ4n) is 1.66. The van der Waals surface area contributed by atoms with E-state index in [0.29, 0.717) is 16.8 Å². The lowest BCUT2D eigenvalue weighted by atomic mass is 10.3. The first-order chi connectivity index (χ1) is 9.99. The Morgan fingerprint density at radius 3 is 2.81 bits per heavy atom. The highest BCUT2D eigenvalue weighted by Gasteiger charge is 2.18. The van der Waals surface area contributed by atoms with Crippen LogP contribution in [-0.4, -0.2) is 14.9 Å². The second-order valence-corrected chi connectivity index (χ2v) is 4.98. The molecule has 0 aliphatic carbocycles. The van der Waals surface area contributed by atoms with Crippen molar-refractivity contribution in [1.82, 2.24) is 9.97 Å². The number of nitro groups is 1. The van der Waals surface area contributed by atoms with Gasteiger partial charge in [0.1, 0.15) is 16.2 Å². The van der Waals surface area contributed by atoms with Crippen molar-refractivity contribution in [3.8, 4) is 11.6 Å². The molecule has 0 saturated carbocycles. The van der Waals surface area contributed by atoms with Gasteiger partial charge in [-0.25, -0.2) is 9.37 Å². The highest BCUT2D eigenvalue weighted by atomic mass is 79.9. The molecule has 0 aliphatic rings. The third-order valence-corrected chi connectivity index (χ3v) is 2.93. The monoisotopic (exact) mass is 355 g/mol. The Balaban J connectivity index is 2.36. The van der Waals surface area contributed by atoms with E-state index in [0.717, 1.165) is 18.6 Å².